The normalized spacial score (nSPS) is 22.3. The molecular formula is C8H15F3N2O. The van der Waals surface area contributed by atoms with Gasteiger partial charge in [0, 0.05) is 25.7 Å². The van der Waals surface area contributed by atoms with E-state index >= 15 is 0 Å². The van der Waals surface area contributed by atoms with Crippen LogP contribution in [0.4, 0.5) is 13.2 Å². The third-order valence-corrected chi connectivity index (χ3v) is 2.09. The molecule has 0 amide bonds. The van der Waals surface area contributed by atoms with Crippen molar-refractivity contribution in [3.05, 3.63) is 0 Å². The summed E-state index contributed by atoms with van der Waals surface area (Å²) < 4.78 is 40.9. The predicted molar refractivity (Wildman–Crippen MR) is 45.9 cm³/mol. The lowest BCUT2D eigenvalue weighted by Gasteiger charge is -2.29. The number of nitrogens with zero attached hydrogens (tertiary/aromatic N) is 1. The molecule has 1 rings (SSSR count). The molecule has 2 N–H and O–H groups in total. The Kier molecular flexibility index (Phi) is 4.15. The van der Waals surface area contributed by atoms with Gasteiger partial charge in [-0.15, -0.1) is 0 Å². The first-order valence-electron chi connectivity index (χ1n) is 4.60. The fraction of sp³-hybridized carbons (Fsp3) is 1.00. The largest absolute Gasteiger partial charge is 0.390 e. The zero-order valence-electron chi connectivity index (χ0n) is 7.89. The van der Waals surface area contributed by atoms with Gasteiger partial charge in [-0.25, -0.2) is 0 Å². The van der Waals surface area contributed by atoms with Crippen molar-refractivity contribution in [1.82, 2.24) is 4.90 Å². The summed E-state index contributed by atoms with van der Waals surface area (Å²) in [5.41, 5.74) is 5.39. The van der Waals surface area contributed by atoms with Crippen LogP contribution in [0.1, 0.15) is 6.42 Å². The molecule has 1 fully saturated rings. The first-order chi connectivity index (χ1) is 6.47. The van der Waals surface area contributed by atoms with E-state index in [2.05, 4.69) is 0 Å². The third-order valence-electron chi connectivity index (χ3n) is 2.09. The van der Waals surface area contributed by atoms with E-state index in [4.69, 9.17) is 10.5 Å². The molecule has 1 unspecified atom stereocenters. The van der Waals surface area contributed by atoms with E-state index in [9.17, 15) is 13.2 Å². The monoisotopic (exact) mass is 212 g/mol. The van der Waals surface area contributed by atoms with Crippen molar-refractivity contribution in [2.75, 3.05) is 32.8 Å². The van der Waals surface area contributed by atoms with E-state index in [0.717, 1.165) is 0 Å². The van der Waals surface area contributed by atoms with Crippen molar-refractivity contribution in [2.45, 2.75) is 18.6 Å². The Morgan fingerprint density at radius 1 is 1.29 bits per heavy atom. The van der Waals surface area contributed by atoms with E-state index < -0.39 is 18.6 Å². The molecule has 1 aliphatic rings. The van der Waals surface area contributed by atoms with Crippen molar-refractivity contribution >= 4 is 0 Å². The third kappa shape index (κ3) is 4.78. The molecule has 0 radical (unpaired) electrons. The first-order valence-corrected chi connectivity index (χ1v) is 4.60. The lowest BCUT2D eigenvalue weighted by atomic mass is 10.2. The zero-order valence-corrected chi connectivity index (χ0v) is 7.89. The van der Waals surface area contributed by atoms with Gasteiger partial charge in [-0.3, -0.25) is 4.90 Å². The Morgan fingerprint density at radius 2 is 1.86 bits per heavy atom. The van der Waals surface area contributed by atoms with Crippen LogP contribution >= 0.6 is 0 Å². The van der Waals surface area contributed by atoms with Gasteiger partial charge in [-0.2, -0.15) is 13.2 Å². The lowest BCUT2D eigenvalue weighted by molar-refractivity contribution is -0.139. The number of alkyl halides is 3. The number of hydrogen-bond donors (Lipinski definition) is 1. The summed E-state index contributed by atoms with van der Waals surface area (Å²) in [6.45, 7) is 2.80. The molecule has 14 heavy (non-hydrogen) atoms. The number of morpholine rings is 1. The summed E-state index contributed by atoms with van der Waals surface area (Å²) in [6, 6.07) is -0.826. The van der Waals surface area contributed by atoms with Crippen molar-refractivity contribution < 1.29 is 17.9 Å². The molecule has 0 saturated carbocycles. The summed E-state index contributed by atoms with van der Waals surface area (Å²) >= 11 is 0. The van der Waals surface area contributed by atoms with E-state index in [1.165, 1.54) is 0 Å². The van der Waals surface area contributed by atoms with Crippen molar-refractivity contribution in [3.63, 3.8) is 0 Å². The van der Waals surface area contributed by atoms with Gasteiger partial charge in [0.15, 0.2) is 0 Å². The first kappa shape index (κ1) is 11.7. The Morgan fingerprint density at radius 3 is 2.36 bits per heavy atom. The Balaban J connectivity index is 2.21. The van der Waals surface area contributed by atoms with Crippen LogP contribution in [0.2, 0.25) is 0 Å². The molecular weight excluding hydrogens is 197 g/mol. The topological polar surface area (TPSA) is 38.5 Å². The van der Waals surface area contributed by atoms with Gasteiger partial charge in [0.1, 0.15) is 0 Å². The predicted octanol–water partition coefficient (Wildman–Crippen LogP) is 0.598. The lowest BCUT2D eigenvalue weighted by Crippen LogP contribution is -2.45. The number of hydrogen-bond acceptors (Lipinski definition) is 3. The van der Waals surface area contributed by atoms with Crippen LogP contribution in [0.15, 0.2) is 0 Å². The van der Waals surface area contributed by atoms with Gasteiger partial charge >= 0.3 is 6.18 Å². The van der Waals surface area contributed by atoms with Crippen LogP contribution < -0.4 is 5.73 Å². The summed E-state index contributed by atoms with van der Waals surface area (Å²) in [7, 11) is 0. The highest BCUT2D eigenvalue weighted by atomic mass is 19.4. The Bertz CT molecular complexity index is 168. The summed E-state index contributed by atoms with van der Waals surface area (Å²) in [5, 5.41) is 0. The molecule has 0 spiro atoms. The van der Waals surface area contributed by atoms with Crippen LogP contribution in [0.3, 0.4) is 0 Å². The van der Waals surface area contributed by atoms with Crippen LogP contribution in [-0.4, -0.2) is 50.0 Å². The van der Waals surface area contributed by atoms with E-state index in [-0.39, 0.29) is 0 Å². The van der Waals surface area contributed by atoms with E-state index in [0.29, 0.717) is 32.8 Å². The van der Waals surface area contributed by atoms with Gasteiger partial charge < -0.3 is 10.5 Å². The van der Waals surface area contributed by atoms with Crippen LogP contribution in [0, 0.1) is 0 Å². The fourth-order valence-electron chi connectivity index (χ4n) is 1.48. The zero-order chi connectivity index (χ0) is 10.6. The minimum absolute atomic E-state index is 0.295. The minimum atomic E-state index is -4.16. The summed E-state index contributed by atoms with van der Waals surface area (Å²) in [6.07, 6.45) is -5.07. The molecule has 1 saturated heterocycles. The van der Waals surface area contributed by atoms with Gasteiger partial charge in [0.05, 0.1) is 19.6 Å². The number of halogens is 3. The number of rotatable bonds is 3. The molecule has 0 aromatic carbocycles. The number of ether oxygens (including phenoxy) is 1. The highest BCUT2D eigenvalue weighted by Crippen LogP contribution is 2.21. The summed E-state index contributed by atoms with van der Waals surface area (Å²) in [4.78, 5) is 1.90. The second-order valence-electron chi connectivity index (χ2n) is 3.49. The Labute approximate surface area is 81.0 Å². The van der Waals surface area contributed by atoms with E-state index in [1.54, 1.807) is 0 Å². The molecule has 84 valence electrons. The molecule has 1 aliphatic heterocycles. The molecule has 6 heteroatoms. The van der Waals surface area contributed by atoms with E-state index in [1.807, 2.05) is 4.90 Å². The maximum Gasteiger partial charge on any atom is 0.390 e. The molecule has 1 atom stereocenters. The number of nitrogens with two attached hydrogens (primary N) is 1. The maximum absolute atomic E-state index is 11.9. The fourth-order valence-corrected chi connectivity index (χ4v) is 1.48. The average Bonchev–Trinajstić information content (AvgIpc) is 2.02. The van der Waals surface area contributed by atoms with Crippen LogP contribution in [-0.2, 0) is 4.74 Å². The molecule has 1 heterocycles. The maximum atomic E-state index is 11.9. The van der Waals surface area contributed by atoms with Gasteiger partial charge in [-0.05, 0) is 0 Å². The quantitative estimate of drug-likeness (QED) is 0.744. The van der Waals surface area contributed by atoms with Crippen LogP contribution in [0.25, 0.3) is 0 Å². The van der Waals surface area contributed by atoms with Crippen molar-refractivity contribution in [3.8, 4) is 0 Å². The van der Waals surface area contributed by atoms with Gasteiger partial charge in [0.2, 0.25) is 0 Å². The highest BCUT2D eigenvalue weighted by molar-refractivity contribution is 4.73. The SMILES string of the molecule is NC(CN1CCOCC1)CC(F)(F)F. The van der Waals surface area contributed by atoms with Crippen LogP contribution in [0.5, 0.6) is 0 Å². The van der Waals surface area contributed by atoms with Crippen molar-refractivity contribution in [1.29, 1.82) is 0 Å². The van der Waals surface area contributed by atoms with Gasteiger partial charge in [0.25, 0.3) is 0 Å². The van der Waals surface area contributed by atoms with Crippen molar-refractivity contribution in [2.24, 2.45) is 5.73 Å². The summed E-state index contributed by atoms with van der Waals surface area (Å²) in [5.74, 6) is 0. The minimum Gasteiger partial charge on any atom is -0.379 e. The molecule has 0 aliphatic carbocycles. The standard InChI is InChI=1S/C8H15F3N2O/c9-8(10,11)5-7(12)6-13-1-3-14-4-2-13/h7H,1-6,12H2. The molecule has 3 nitrogen and oxygen atoms in total. The second-order valence-corrected chi connectivity index (χ2v) is 3.49. The highest BCUT2D eigenvalue weighted by Gasteiger charge is 2.31. The molecule has 0 aromatic heterocycles. The second kappa shape index (κ2) is 4.95. The smallest absolute Gasteiger partial charge is 0.379 e. The molecule has 0 aromatic rings. The Hall–Kier alpha value is -0.330. The van der Waals surface area contributed by atoms with Gasteiger partial charge in [-0.1, -0.05) is 0 Å². The average molecular weight is 212 g/mol. The molecule has 0 bridgehead atoms.